The molecular formula is C22H29N3O5. The fourth-order valence-corrected chi connectivity index (χ4v) is 2.98. The van der Waals surface area contributed by atoms with Gasteiger partial charge in [0.05, 0.1) is 21.3 Å². The minimum Gasteiger partial charge on any atom is -0.481 e. The SMILES string of the molecule is COC(=O)CCCCN(CCCc1ccccc1)C(=O)c1cc(OC)nc(OC)n1. The first-order valence-electron chi connectivity index (χ1n) is 9.94. The number of unbranched alkanes of at least 4 members (excludes halogenated alkanes) is 1. The Morgan fingerprint density at radius 2 is 1.67 bits per heavy atom. The van der Waals surface area contributed by atoms with E-state index in [9.17, 15) is 9.59 Å². The normalized spacial score (nSPS) is 10.4. The highest BCUT2D eigenvalue weighted by atomic mass is 16.5. The summed E-state index contributed by atoms with van der Waals surface area (Å²) in [5, 5.41) is 0. The summed E-state index contributed by atoms with van der Waals surface area (Å²) in [5.74, 6) is -0.206. The topological polar surface area (TPSA) is 90.9 Å². The molecule has 0 fully saturated rings. The largest absolute Gasteiger partial charge is 0.481 e. The van der Waals surface area contributed by atoms with Crippen molar-refractivity contribution in [3.05, 3.63) is 47.7 Å². The number of aromatic nitrogens is 2. The van der Waals surface area contributed by atoms with Crippen molar-refractivity contribution in [3.8, 4) is 11.9 Å². The van der Waals surface area contributed by atoms with Crippen LogP contribution in [0.4, 0.5) is 0 Å². The van der Waals surface area contributed by atoms with E-state index < -0.39 is 0 Å². The molecule has 0 N–H and O–H groups in total. The van der Waals surface area contributed by atoms with Crippen LogP contribution in [0, 0.1) is 0 Å². The highest BCUT2D eigenvalue weighted by molar-refractivity contribution is 5.92. The second-order valence-electron chi connectivity index (χ2n) is 6.70. The van der Waals surface area contributed by atoms with E-state index in [0.717, 1.165) is 12.8 Å². The highest BCUT2D eigenvalue weighted by Crippen LogP contribution is 2.16. The zero-order chi connectivity index (χ0) is 21.8. The van der Waals surface area contributed by atoms with Gasteiger partial charge in [0.15, 0.2) is 0 Å². The molecule has 0 aliphatic heterocycles. The molecule has 8 nitrogen and oxygen atoms in total. The Morgan fingerprint density at radius 1 is 0.933 bits per heavy atom. The average molecular weight is 415 g/mol. The summed E-state index contributed by atoms with van der Waals surface area (Å²) < 4.78 is 14.9. The number of benzene rings is 1. The van der Waals surface area contributed by atoms with Crippen LogP contribution in [0.3, 0.4) is 0 Å². The van der Waals surface area contributed by atoms with E-state index in [1.807, 2.05) is 18.2 Å². The number of amides is 1. The molecule has 0 saturated heterocycles. The van der Waals surface area contributed by atoms with Crippen LogP contribution in [-0.2, 0) is 16.0 Å². The van der Waals surface area contributed by atoms with E-state index in [0.29, 0.717) is 32.4 Å². The molecule has 8 heteroatoms. The number of carbonyl (C=O) groups excluding carboxylic acids is 2. The molecule has 0 bridgehead atoms. The van der Waals surface area contributed by atoms with Gasteiger partial charge in [0, 0.05) is 25.6 Å². The van der Waals surface area contributed by atoms with Crippen LogP contribution >= 0.6 is 0 Å². The van der Waals surface area contributed by atoms with Crippen LogP contribution in [-0.4, -0.2) is 61.2 Å². The molecular weight excluding hydrogens is 386 g/mol. The summed E-state index contributed by atoms with van der Waals surface area (Å²) in [4.78, 5) is 34.4. The van der Waals surface area contributed by atoms with Gasteiger partial charge in [-0.2, -0.15) is 9.97 Å². The maximum Gasteiger partial charge on any atom is 0.320 e. The van der Waals surface area contributed by atoms with E-state index in [-0.39, 0.29) is 29.5 Å². The van der Waals surface area contributed by atoms with Crippen molar-refractivity contribution in [3.63, 3.8) is 0 Å². The molecule has 0 saturated carbocycles. The van der Waals surface area contributed by atoms with Crippen LogP contribution in [0.25, 0.3) is 0 Å². The second-order valence-corrected chi connectivity index (χ2v) is 6.70. The lowest BCUT2D eigenvalue weighted by Gasteiger charge is -2.22. The number of methoxy groups -OCH3 is 3. The first kappa shape index (κ1) is 23.1. The van der Waals surface area contributed by atoms with Crippen LogP contribution in [0.5, 0.6) is 11.9 Å². The first-order valence-corrected chi connectivity index (χ1v) is 9.94. The van der Waals surface area contributed by atoms with Crippen LogP contribution in [0.15, 0.2) is 36.4 Å². The quantitative estimate of drug-likeness (QED) is 0.389. The van der Waals surface area contributed by atoms with Crippen LogP contribution in [0.2, 0.25) is 0 Å². The molecule has 2 aromatic rings. The molecule has 0 radical (unpaired) electrons. The van der Waals surface area contributed by atoms with E-state index in [1.165, 1.54) is 33.0 Å². The van der Waals surface area contributed by atoms with Crippen molar-refractivity contribution >= 4 is 11.9 Å². The number of rotatable bonds is 12. The summed E-state index contributed by atoms with van der Waals surface area (Å²) in [6, 6.07) is 11.7. The highest BCUT2D eigenvalue weighted by Gasteiger charge is 2.19. The van der Waals surface area contributed by atoms with Gasteiger partial charge in [-0.3, -0.25) is 9.59 Å². The van der Waals surface area contributed by atoms with Gasteiger partial charge in [-0.05, 0) is 31.2 Å². The van der Waals surface area contributed by atoms with Crippen LogP contribution < -0.4 is 9.47 Å². The molecule has 0 atom stereocenters. The Balaban J connectivity index is 2.06. The lowest BCUT2D eigenvalue weighted by molar-refractivity contribution is -0.140. The predicted octanol–water partition coefficient (Wildman–Crippen LogP) is 2.91. The minimum absolute atomic E-state index is 0.0765. The maximum atomic E-state index is 13.1. The Morgan fingerprint density at radius 3 is 2.33 bits per heavy atom. The molecule has 2 rings (SSSR count). The molecule has 0 aliphatic rings. The summed E-state index contributed by atoms with van der Waals surface area (Å²) >= 11 is 0. The van der Waals surface area contributed by atoms with Gasteiger partial charge in [-0.1, -0.05) is 30.3 Å². The van der Waals surface area contributed by atoms with E-state index >= 15 is 0 Å². The lowest BCUT2D eigenvalue weighted by atomic mass is 10.1. The standard InChI is InChI=1S/C22H29N3O5/c1-28-19-16-18(23-22(24-19)30-3)21(27)25(14-8-7-13-20(26)29-2)15-9-12-17-10-5-4-6-11-17/h4-6,10-11,16H,7-9,12-15H2,1-3H3. The number of esters is 1. The van der Waals surface area contributed by atoms with E-state index in [2.05, 4.69) is 26.8 Å². The monoisotopic (exact) mass is 415 g/mol. The van der Waals surface area contributed by atoms with Gasteiger partial charge in [-0.25, -0.2) is 0 Å². The molecule has 162 valence electrons. The molecule has 1 amide bonds. The summed E-state index contributed by atoms with van der Waals surface area (Å²) in [5.41, 5.74) is 1.44. The number of carbonyl (C=O) groups is 2. The van der Waals surface area contributed by atoms with Crippen molar-refractivity contribution < 1.29 is 23.8 Å². The molecule has 30 heavy (non-hydrogen) atoms. The van der Waals surface area contributed by atoms with Gasteiger partial charge in [0.1, 0.15) is 5.69 Å². The Kier molecular flexibility index (Phi) is 9.57. The average Bonchev–Trinajstić information content (AvgIpc) is 2.80. The third kappa shape index (κ3) is 7.35. The van der Waals surface area contributed by atoms with Gasteiger partial charge in [0.2, 0.25) is 5.88 Å². The number of hydrogen-bond acceptors (Lipinski definition) is 7. The lowest BCUT2D eigenvalue weighted by Crippen LogP contribution is -2.34. The van der Waals surface area contributed by atoms with E-state index in [1.54, 1.807) is 4.90 Å². The zero-order valence-corrected chi connectivity index (χ0v) is 17.8. The van der Waals surface area contributed by atoms with Crippen molar-refractivity contribution in [2.75, 3.05) is 34.4 Å². The molecule has 1 heterocycles. The third-order valence-electron chi connectivity index (χ3n) is 4.60. The predicted molar refractivity (Wildman–Crippen MR) is 112 cm³/mol. The van der Waals surface area contributed by atoms with Crippen molar-refractivity contribution in [2.45, 2.75) is 32.1 Å². The number of hydrogen-bond donors (Lipinski definition) is 0. The second kappa shape index (κ2) is 12.4. The molecule has 1 aromatic carbocycles. The fourth-order valence-electron chi connectivity index (χ4n) is 2.98. The summed E-state index contributed by atoms with van der Waals surface area (Å²) in [7, 11) is 4.28. The Bertz CT molecular complexity index is 791. The summed E-state index contributed by atoms with van der Waals surface area (Å²) in [6.45, 7) is 1.08. The van der Waals surface area contributed by atoms with Crippen molar-refractivity contribution in [1.29, 1.82) is 0 Å². The van der Waals surface area contributed by atoms with Gasteiger partial charge in [-0.15, -0.1) is 0 Å². The minimum atomic E-state index is -0.248. The molecule has 0 aliphatic carbocycles. The number of nitrogens with zero attached hydrogens (tertiary/aromatic N) is 3. The van der Waals surface area contributed by atoms with Crippen molar-refractivity contribution in [2.24, 2.45) is 0 Å². The summed E-state index contributed by atoms with van der Waals surface area (Å²) in [6.07, 6.45) is 3.34. The molecule has 1 aromatic heterocycles. The number of aryl methyl sites for hydroxylation is 1. The molecule has 0 spiro atoms. The van der Waals surface area contributed by atoms with Gasteiger partial charge >= 0.3 is 12.0 Å². The van der Waals surface area contributed by atoms with Gasteiger partial charge in [0.25, 0.3) is 5.91 Å². The maximum absolute atomic E-state index is 13.1. The Hall–Kier alpha value is -3.16. The van der Waals surface area contributed by atoms with E-state index in [4.69, 9.17) is 9.47 Å². The third-order valence-corrected chi connectivity index (χ3v) is 4.60. The first-order chi connectivity index (χ1) is 14.6. The van der Waals surface area contributed by atoms with Gasteiger partial charge < -0.3 is 19.1 Å². The van der Waals surface area contributed by atoms with Crippen LogP contribution in [0.1, 0.15) is 41.7 Å². The fraction of sp³-hybridized carbons (Fsp3) is 0.455. The molecule has 0 unspecified atom stereocenters. The Labute approximate surface area is 177 Å². The zero-order valence-electron chi connectivity index (χ0n) is 17.8. The smallest absolute Gasteiger partial charge is 0.320 e. The number of ether oxygens (including phenoxy) is 3. The van der Waals surface area contributed by atoms with Crippen molar-refractivity contribution in [1.82, 2.24) is 14.9 Å².